The van der Waals surface area contributed by atoms with Crippen LogP contribution in [0, 0.1) is 0 Å². The molecule has 146 valence electrons. The van der Waals surface area contributed by atoms with E-state index in [0.29, 0.717) is 18.3 Å². The highest BCUT2D eigenvalue weighted by Gasteiger charge is 2.39. The Morgan fingerprint density at radius 3 is 2.66 bits per heavy atom. The summed E-state index contributed by atoms with van der Waals surface area (Å²) in [6.45, 7) is 4.38. The van der Waals surface area contributed by atoms with Crippen molar-refractivity contribution < 1.29 is 4.79 Å². The molecule has 0 radical (unpaired) electrons. The normalized spacial score (nSPS) is 21.0. The summed E-state index contributed by atoms with van der Waals surface area (Å²) >= 11 is 0. The van der Waals surface area contributed by atoms with Crippen LogP contribution < -0.4 is 5.32 Å². The summed E-state index contributed by atoms with van der Waals surface area (Å²) in [6, 6.07) is 12.3. The molecule has 29 heavy (non-hydrogen) atoms. The van der Waals surface area contributed by atoms with E-state index in [-0.39, 0.29) is 17.7 Å². The molecule has 3 aromatic rings. The van der Waals surface area contributed by atoms with Crippen LogP contribution in [0.4, 0.5) is 5.95 Å². The van der Waals surface area contributed by atoms with E-state index < -0.39 is 0 Å². The summed E-state index contributed by atoms with van der Waals surface area (Å²) in [6.07, 6.45) is 6.35. The second-order valence-corrected chi connectivity index (χ2v) is 8.08. The van der Waals surface area contributed by atoms with Crippen LogP contribution in [0.3, 0.4) is 0 Å². The van der Waals surface area contributed by atoms with E-state index in [4.69, 9.17) is 0 Å². The predicted molar refractivity (Wildman–Crippen MR) is 111 cm³/mol. The lowest BCUT2D eigenvalue weighted by Crippen LogP contribution is -2.33. The number of nitrogens with zero attached hydrogens (tertiary/aromatic N) is 4. The van der Waals surface area contributed by atoms with Crippen molar-refractivity contribution in [3.8, 4) is 0 Å². The second kappa shape index (κ2) is 6.95. The van der Waals surface area contributed by atoms with Gasteiger partial charge in [0.25, 0.3) is 0 Å². The van der Waals surface area contributed by atoms with Gasteiger partial charge in [-0.2, -0.15) is 10.1 Å². The lowest BCUT2D eigenvalue weighted by molar-refractivity contribution is -0.116. The Hall–Kier alpha value is -3.28. The fourth-order valence-corrected chi connectivity index (χ4v) is 4.39. The molecule has 3 heterocycles. The summed E-state index contributed by atoms with van der Waals surface area (Å²) in [7, 11) is 0. The lowest BCUT2D eigenvalue weighted by Gasteiger charge is -2.35. The molecule has 5 rings (SSSR count). The predicted octanol–water partition coefficient (Wildman–Crippen LogP) is 4.21. The zero-order valence-electron chi connectivity index (χ0n) is 16.5. The monoisotopic (exact) mass is 385 g/mol. The topological polar surface area (TPSA) is 72.7 Å². The molecule has 0 fully saturated rings. The molecule has 1 N–H and O–H groups in total. The van der Waals surface area contributed by atoms with Crippen molar-refractivity contribution in [2.45, 2.75) is 44.6 Å². The van der Waals surface area contributed by atoms with Gasteiger partial charge in [0.1, 0.15) is 12.4 Å². The number of pyridine rings is 1. The standard InChI is InChI=1S/C23H23N5O/c1-14(2)15-5-7-16(8-6-15)18-10-19-21(20(29)11-18)22(17-4-3-9-24-12-17)28-23(27-19)25-13-26-28/h3-9,12-14,18,22H,10-11H2,1-2H3,(H,25,26,27)/t18-,22-/m0/s1. The Balaban J connectivity index is 1.53. The van der Waals surface area contributed by atoms with Crippen LogP contribution in [-0.4, -0.2) is 25.5 Å². The van der Waals surface area contributed by atoms with Crippen LogP contribution in [0.25, 0.3) is 0 Å². The van der Waals surface area contributed by atoms with Gasteiger partial charge >= 0.3 is 0 Å². The molecule has 2 aromatic heterocycles. The molecule has 0 amide bonds. The van der Waals surface area contributed by atoms with Crippen LogP contribution in [0.1, 0.15) is 61.3 Å². The minimum absolute atomic E-state index is 0.159. The van der Waals surface area contributed by atoms with Crippen LogP contribution in [0.2, 0.25) is 0 Å². The molecule has 0 saturated heterocycles. The van der Waals surface area contributed by atoms with Gasteiger partial charge in [0.05, 0.1) is 0 Å². The molecule has 2 atom stereocenters. The first-order valence-electron chi connectivity index (χ1n) is 10.0. The number of ketones is 1. The SMILES string of the molecule is CC(C)c1ccc([C@@H]2CC(=O)C3=C(C2)Nc2ncnn2[C@H]3c2cccnc2)cc1. The van der Waals surface area contributed by atoms with Gasteiger partial charge in [-0.1, -0.05) is 44.2 Å². The third kappa shape index (κ3) is 3.05. The van der Waals surface area contributed by atoms with Crippen molar-refractivity contribution in [3.63, 3.8) is 0 Å². The molecule has 1 aliphatic carbocycles. The van der Waals surface area contributed by atoms with E-state index in [0.717, 1.165) is 23.3 Å². The number of benzene rings is 1. The van der Waals surface area contributed by atoms with Crippen molar-refractivity contribution >= 4 is 11.7 Å². The van der Waals surface area contributed by atoms with Gasteiger partial charge < -0.3 is 5.32 Å². The molecular formula is C23H23N5O. The maximum atomic E-state index is 13.3. The zero-order valence-corrected chi connectivity index (χ0v) is 16.5. The van der Waals surface area contributed by atoms with Crippen LogP contribution in [0.5, 0.6) is 0 Å². The molecule has 0 saturated carbocycles. The highest BCUT2D eigenvalue weighted by Crippen LogP contribution is 2.43. The Labute approximate surface area is 169 Å². The molecular weight excluding hydrogens is 362 g/mol. The van der Waals surface area contributed by atoms with Crippen molar-refractivity contribution in [1.82, 2.24) is 19.7 Å². The molecule has 2 aliphatic rings. The summed E-state index contributed by atoms with van der Waals surface area (Å²) in [4.78, 5) is 21.9. The zero-order chi connectivity index (χ0) is 20.0. The third-order valence-corrected chi connectivity index (χ3v) is 5.94. The number of fused-ring (bicyclic) bond motifs is 1. The van der Waals surface area contributed by atoms with Gasteiger partial charge in [-0.05, 0) is 41.0 Å². The van der Waals surface area contributed by atoms with E-state index >= 15 is 0 Å². The first-order chi connectivity index (χ1) is 14.1. The summed E-state index contributed by atoms with van der Waals surface area (Å²) < 4.78 is 1.78. The number of carbonyl (C=O) groups is 1. The molecule has 1 aromatic carbocycles. The molecule has 6 heteroatoms. The van der Waals surface area contributed by atoms with Crippen LogP contribution in [0.15, 0.2) is 66.4 Å². The minimum Gasteiger partial charge on any atom is -0.328 e. The first kappa shape index (κ1) is 17.8. The summed E-state index contributed by atoms with van der Waals surface area (Å²) in [5, 5.41) is 7.74. The van der Waals surface area contributed by atoms with Gasteiger partial charge in [-0.25, -0.2) is 4.68 Å². The molecule has 1 aliphatic heterocycles. The number of Topliss-reactive ketones (excluding diaryl/α,β-unsaturated/α-hetero) is 1. The Bertz CT molecular complexity index is 1080. The van der Waals surface area contributed by atoms with Crippen molar-refractivity contribution in [1.29, 1.82) is 0 Å². The lowest BCUT2D eigenvalue weighted by atomic mass is 9.78. The third-order valence-electron chi connectivity index (χ3n) is 5.94. The Morgan fingerprint density at radius 1 is 1.10 bits per heavy atom. The van der Waals surface area contributed by atoms with Crippen molar-refractivity contribution in [2.24, 2.45) is 0 Å². The van der Waals surface area contributed by atoms with Gasteiger partial charge in [0.2, 0.25) is 5.95 Å². The Morgan fingerprint density at radius 2 is 1.93 bits per heavy atom. The quantitative estimate of drug-likeness (QED) is 0.731. The number of rotatable bonds is 3. The van der Waals surface area contributed by atoms with E-state index in [9.17, 15) is 4.79 Å². The first-order valence-corrected chi connectivity index (χ1v) is 10.0. The number of aromatic nitrogens is 4. The second-order valence-electron chi connectivity index (χ2n) is 8.08. The Kier molecular flexibility index (Phi) is 4.27. The molecule has 0 unspecified atom stereocenters. The number of carbonyl (C=O) groups excluding carboxylic acids is 1. The fourth-order valence-electron chi connectivity index (χ4n) is 4.39. The van der Waals surface area contributed by atoms with Crippen molar-refractivity contribution in [2.75, 3.05) is 5.32 Å². The number of hydrogen-bond acceptors (Lipinski definition) is 5. The van der Waals surface area contributed by atoms with E-state index in [1.165, 1.54) is 17.5 Å². The van der Waals surface area contributed by atoms with Crippen molar-refractivity contribution in [3.05, 3.63) is 83.1 Å². The maximum Gasteiger partial charge on any atom is 0.226 e. The number of nitrogens with one attached hydrogen (secondary N) is 1. The van der Waals surface area contributed by atoms with Gasteiger partial charge in [-0.3, -0.25) is 9.78 Å². The number of allylic oxidation sites excluding steroid dienone is 2. The average molecular weight is 385 g/mol. The van der Waals surface area contributed by atoms with Gasteiger partial charge in [0.15, 0.2) is 5.78 Å². The largest absolute Gasteiger partial charge is 0.328 e. The average Bonchev–Trinajstić information content (AvgIpc) is 3.21. The van der Waals surface area contributed by atoms with E-state index in [2.05, 4.69) is 58.5 Å². The minimum atomic E-state index is -0.283. The smallest absolute Gasteiger partial charge is 0.226 e. The highest BCUT2D eigenvalue weighted by atomic mass is 16.1. The molecule has 6 nitrogen and oxygen atoms in total. The number of anilines is 1. The van der Waals surface area contributed by atoms with Crippen LogP contribution in [-0.2, 0) is 4.79 Å². The highest BCUT2D eigenvalue weighted by molar-refractivity contribution is 6.00. The maximum absolute atomic E-state index is 13.3. The molecule has 0 bridgehead atoms. The molecule has 0 spiro atoms. The summed E-state index contributed by atoms with van der Waals surface area (Å²) in [5.41, 5.74) is 5.21. The van der Waals surface area contributed by atoms with Gasteiger partial charge in [0, 0.05) is 30.1 Å². The van der Waals surface area contributed by atoms with E-state index in [1.54, 1.807) is 17.1 Å². The van der Waals surface area contributed by atoms with Crippen LogP contribution >= 0.6 is 0 Å². The summed E-state index contributed by atoms with van der Waals surface area (Å²) in [5.74, 6) is 1.49. The fraction of sp³-hybridized carbons (Fsp3) is 0.304. The van der Waals surface area contributed by atoms with E-state index in [1.807, 2.05) is 12.1 Å². The number of hydrogen-bond donors (Lipinski definition) is 1. The van der Waals surface area contributed by atoms with Gasteiger partial charge in [-0.15, -0.1) is 0 Å².